The Kier molecular flexibility index (Phi) is 2.53. The standard InChI is InChI=1S/C12H21NO2/c1-4-5-6-9-7-12(13-9)8-11(2,3)15-10(12)14/h9,13H,4-8H2,1-3H3. The van der Waals surface area contributed by atoms with E-state index in [1.54, 1.807) is 0 Å². The van der Waals surface area contributed by atoms with Crippen LogP contribution in [0.2, 0.25) is 0 Å². The number of ether oxygens (including phenoxy) is 1. The second kappa shape index (κ2) is 3.48. The van der Waals surface area contributed by atoms with Crippen LogP contribution in [0.1, 0.15) is 52.9 Å². The first kappa shape index (κ1) is 10.9. The molecule has 0 amide bonds. The molecule has 0 bridgehead atoms. The summed E-state index contributed by atoms with van der Waals surface area (Å²) in [4.78, 5) is 11.7. The first-order valence-corrected chi connectivity index (χ1v) is 5.99. The molecule has 3 heteroatoms. The fraction of sp³-hybridized carbons (Fsp3) is 0.917. The summed E-state index contributed by atoms with van der Waals surface area (Å²) in [6, 6.07) is 0.534. The highest BCUT2D eigenvalue weighted by Crippen LogP contribution is 2.42. The first-order chi connectivity index (χ1) is 6.97. The van der Waals surface area contributed by atoms with E-state index in [9.17, 15) is 4.79 Å². The Morgan fingerprint density at radius 3 is 2.67 bits per heavy atom. The molecule has 2 aliphatic heterocycles. The van der Waals surface area contributed by atoms with E-state index in [0.717, 1.165) is 12.8 Å². The minimum absolute atomic E-state index is 0.0414. The zero-order valence-corrected chi connectivity index (χ0v) is 9.93. The predicted molar refractivity (Wildman–Crippen MR) is 58.6 cm³/mol. The van der Waals surface area contributed by atoms with Crippen molar-refractivity contribution < 1.29 is 9.53 Å². The zero-order valence-electron chi connectivity index (χ0n) is 9.93. The fourth-order valence-corrected chi connectivity index (χ4v) is 2.86. The summed E-state index contributed by atoms with van der Waals surface area (Å²) in [5, 5.41) is 3.42. The van der Waals surface area contributed by atoms with Gasteiger partial charge in [-0.25, -0.2) is 0 Å². The maximum Gasteiger partial charge on any atom is 0.327 e. The second-order valence-corrected chi connectivity index (χ2v) is 5.60. The minimum Gasteiger partial charge on any atom is -0.458 e. The number of carbonyl (C=O) groups excluding carboxylic acids is 1. The molecule has 86 valence electrons. The fourth-order valence-electron chi connectivity index (χ4n) is 2.86. The van der Waals surface area contributed by atoms with Crippen LogP contribution in [0.15, 0.2) is 0 Å². The molecule has 1 spiro atoms. The van der Waals surface area contributed by atoms with E-state index in [0.29, 0.717) is 6.04 Å². The van der Waals surface area contributed by atoms with Crippen molar-refractivity contribution in [2.24, 2.45) is 0 Å². The minimum atomic E-state index is -0.331. The molecule has 0 radical (unpaired) electrons. The summed E-state index contributed by atoms with van der Waals surface area (Å²) in [5.74, 6) is -0.0414. The summed E-state index contributed by atoms with van der Waals surface area (Å²) in [6.45, 7) is 6.17. The summed E-state index contributed by atoms with van der Waals surface area (Å²) in [5.41, 5.74) is -0.609. The third-order valence-corrected chi connectivity index (χ3v) is 3.47. The lowest BCUT2D eigenvalue weighted by Gasteiger charge is -2.44. The Bertz CT molecular complexity index is 267. The van der Waals surface area contributed by atoms with Crippen molar-refractivity contribution in [3.63, 3.8) is 0 Å². The van der Waals surface area contributed by atoms with Crippen LogP contribution in [-0.2, 0) is 9.53 Å². The molecule has 15 heavy (non-hydrogen) atoms. The third-order valence-electron chi connectivity index (χ3n) is 3.47. The molecule has 3 nitrogen and oxygen atoms in total. The smallest absolute Gasteiger partial charge is 0.327 e. The molecule has 1 N–H and O–H groups in total. The van der Waals surface area contributed by atoms with E-state index in [-0.39, 0.29) is 17.1 Å². The molecule has 0 aromatic carbocycles. The van der Waals surface area contributed by atoms with E-state index in [4.69, 9.17) is 4.74 Å². The van der Waals surface area contributed by atoms with Crippen molar-refractivity contribution in [2.75, 3.05) is 0 Å². The largest absolute Gasteiger partial charge is 0.458 e. The van der Waals surface area contributed by atoms with Crippen molar-refractivity contribution in [1.82, 2.24) is 5.32 Å². The number of unbranched alkanes of at least 4 members (excludes halogenated alkanes) is 1. The number of hydrogen-bond acceptors (Lipinski definition) is 3. The SMILES string of the molecule is CCCCC1CC2(CC(C)(C)OC2=O)N1. The zero-order chi connectivity index (χ0) is 11.1. The molecule has 0 aromatic heterocycles. The van der Waals surface area contributed by atoms with Gasteiger partial charge in [0.15, 0.2) is 0 Å². The van der Waals surface area contributed by atoms with Crippen LogP contribution in [0.5, 0.6) is 0 Å². The van der Waals surface area contributed by atoms with Gasteiger partial charge in [-0.1, -0.05) is 19.8 Å². The van der Waals surface area contributed by atoms with E-state index in [1.165, 1.54) is 19.3 Å². The van der Waals surface area contributed by atoms with Crippen LogP contribution in [0.4, 0.5) is 0 Å². The van der Waals surface area contributed by atoms with Gasteiger partial charge in [0.05, 0.1) is 0 Å². The number of rotatable bonds is 3. The van der Waals surface area contributed by atoms with E-state index in [1.807, 2.05) is 13.8 Å². The normalized spacial score (nSPS) is 37.8. The van der Waals surface area contributed by atoms with Crippen LogP contribution in [0, 0.1) is 0 Å². The van der Waals surface area contributed by atoms with Crippen LogP contribution >= 0.6 is 0 Å². The molecule has 2 heterocycles. The van der Waals surface area contributed by atoms with Crippen molar-refractivity contribution in [2.45, 2.75) is 70.1 Å². The Labute approximate surface area is 91.6 Å². The van der Waals surface area contributed by atoms with Gasteiger partial charge in [0.2, 0.25) is 0 Å². The van der Waals surface area contributed by atoms with Gasteiger partial charge in [0.25, 0.3) is 0 Å². The number of carbonyl (C=O) groups is 1. The van der Waals surface area contributed by atoms with Crippen molar-refractivity contribution >= 4 is 5.97 Å². The average molecular weight is 211 g/mol. The van der Waals surface area contributed by atoms with Gasteiger partial charge in [0.1, 0.15) is 11.1 Å². The molecular weight excluding hydrogens is 190 g/mol. The maximum absolute atomic E-state index is 11.7. The highest BCUT2D eigenvalue weighted by atomic mass is 16.6. The summed E-state index contributed by atoms with van der Waals surface area (Å²) >= 11 is 0. The van der Waals surface area contributed by atoms with Gasteiger partial charge in [-0.15, -0.1) is 0 Å². The van der Waals surface area contributed by atoms with Gasteiger partial charge in [-0.3, -0.25) is 10.1 Å². The lowest BCUT2D eigenvalue weighted by atomic mass is 9.75. The Morgan fingerprint density at radius 1 is 1.53 bits per heavy atom. The van der Waals surface area contributed by atoms with E-state index >= 15 is 0 Å². The number of nitrogens with one attached hydrogen (secondary N) is 1. The summed E-state index contributed by atoms with van der Waals surface area (Å²) in [6.07, 6.45) is 5.44. The molecule has 2 atom stereocenters. The van der Waals surface area contributed by atoms with Gasteiger partial charge >= 0.3 is 5.97 Å². The van der Waals surface area contributed by atoms with Gasteiger partial charge in [-0.2, -0.15) is 0 Å². The van der Waals surface area contributed by atoms with Crippen molar-refractivity contribution in [3.8, 4) is 0 Å². The molecule has 0 saturated carbocycles. The monoisotopic (exact) mass is 211 g/mol. The highest BCUT2D eigenvalue weighted by molar-refractivity contribution is 5.85. The first-order valence-electron chi connectivity index (χ1n) is 5.99. The average Bonchev–Trinajstić information content (AvgIpc) is 2.30. The van der Waals surface area contributed by atoms with Crippen LogP contribution in [0.3, 0.4) is 0 Å². The number of cyclic esters (lactones) is 1. The quantitative estimate of drug-likeness (QED) is 0.726. The Balaban J connectivity index is 1.89. The number of esters is 1. The molecule has 2 aliphatic rings. The molecule has 2 saturated heterocycles. The third kappa shape index (κ3) is 1.89. The Morgan fingerprint density at radius 2 is 2.20 bits per heavy atom. The lowest BCUT2D eigenvalue weighted by Crippen LogP contribution is -2.66. The summed E-state index contributed by atoms with van der Waals surface area (Å²) < 4.78 is 5.36. The van der Waals surface area contributed by atoms with Gasteiger partial charge in [0, 0.05) is 12.5 Å². The Hall–Kier alpha value is -0.570. The van der Waals surface area contributed by atoms with Crippen LogP contribution in [0.25, 0.3) is 0 Å². The molecule has 2 fully saturated rings. The van der Waals surface area contributed by atoms with Gasteiger partial charge < -0.3 is 4.74 Å². The maximum atomic E-state index is 11.7. The molecule has 2 unspecified atom stereocenters. The van der Waals surface area contributed by atoms with Crippen molar-refractivity contribution in [3.05, 3.63) is 0 Å². The van der Waals surface area contributed by atoms with Gasteiger partial charge in [-0.05, 0) is 26.7 Å². The molecule has 0 aliphatic carbocycles. The second-order valence-electron chi connectivity index (χ2n) is 5.60. The topological polar surface area (TPSA) is 38.3 Å². The lowest BCUT2D eigenvalue weighted by molar-refractivity contribution is -0.153. The van der Waals surface area contributed by atoms with E-state index in [2.05, 4.69) is 12.2 Å². The van der Waals surface area contributed by atoms with Crippen molar-refractivity contribution in [1.29, 1.82) is 0 Å². The summed E-state index contributed by atoms with van der Waals surface area (Å²) in [7, 11) is 0. The predicted octanol–water partition coefficient (Wildman–Crippen LogP) is 2.00. The van der Waals surface area contributed by atoms with Crippen LogP contribution in [-0.4, -0.2) is 23.2 Å². The van der Waals surface area contributed by atoms with E-state index < -0.39 is 0 Å². The molecular formula is C12H21NO2. The highest BCUT2D eigenvalue weighted by Gasteiger charge is 2.58. The molecule has 2 rings (SSSR count). The van der Waals surface area contributed by atoms with Crippen LogP contribution < -0.4 is 5.32 Å². The molecule has 0 aromatic rings. The number of hydrogen-bond donors (Lipinski definition) is 1.